The van der Waals surface area contributed by atoms with Gasteiger partial charge in [0.25, 0.3) is 0 Å². The number of hydrogen-bond acceptors (Lipinski definition) is 3. The zero-order valence-corrected chi connectivity index (χ0v) is 22.7. The second-order valence-electron chi connectivity index (χ2n) is 9.94. The molecule has 0 aromatic rings. The fraction of sp³-hybridized carbons (Fsp3) is 0.867. The number of unbranched alkanes of at least 4 members (excludes halogenated alkanes) is 15. The van der Waals surface area contributed by atoms with Crippen LogP contribution >= 0.6 is 0 Å². The third-order valence-electron chi connectivity index (χ3n) is 6.49. The van der Waals surface area contributed by atoms with Crippen molar-refractivity contribution in [2.75, 3.05) is 0 Å². The van der Waals surface area contributed by atoms with E-state index in [2.05, 4.69) is 26.0 Å². The molecule has 34 heavy (non-hydrogen) atoms. The molecule has 0 fully saturated rings. The average molecular weight is 481 g/mol. The summed E-state index contributed by atoms with van der Waals surface area (Å²) in [6.07, 6.45) is 29.3. The summed E-state index contributed by atoms with van der Waals surface area (Å²) in [5.74, 6) is -0.771. The molecule has 0 bridgehead atoms. The Morgan fingerprint density at radius 1 is 0.618 bits per heavy atom. The molecular formula is C30H56O4. The highest BCUT2D eigenvalue weighted by Gasteiger charge is 2.14. The van der Waals surface area contributed by atoms with Crippen molar-refractivity contribution in [1.29, 1.82) is 0 Å². The number of rotatable bonds is 26. The summed E-state index contributed by atoms with van der Waals surface area (Å²) < 4.78 is 5.85. The van der Waals surface area contributed by atoms with Gasteiger partial charge in [-0.2, -0.15) is 0 Å². The molecule has 1 unspecified atom stereocenters. The molecule has 1 atom stereocenters. The van der Waals surface area contributed by atoms with E-state index in [0.717, 1.165) is 44.9 Å². The van der Waals surface area contributed by atoms with E-state index >= 15 is 0 Å². The van der Waals surface area contributed by atoms with Gasteiger partial charge < -0.3 is 9.84 Å². The maximum Gasteiger partial charge on any atom is 0.306 e. The molecule has 4 heteroatoms. The van der Waals surface area contributed by atoms with E-state index in [1.165, 1.54) is 83.5 Å². The smallest absolute Gasteiger partial charge is 0.306 e. The number of carboxylic acid groups (broad SMARTS) is 1. The standard InChI is InChI=1S/C30H56O4/c1-3-5-7-9-11-12-13-14-16-18-23-27-30(33)34-28(25-21-19-22-26-29(31)32)24-20-17-15-10-8-6-4-2/h9,11,28H,3-8,10,12-27H2,1-2H3,(H,31,32)/b11-9-. The third kappa shape index (κ3) is 25.3. The first kappa shape index (κ1) is 32.7. The Kier molecular flexibility index (Phi) is 25.3. The minimum absolute atomic E-state index is 0.00691. The molecule has 0 aromatic carbocycles. The van der Waals surface area contributed by atoms with Crippen LogP contribution < -0.4 is 0 Å². The summed E-state index contributed by atoms with van der Waals surface area (Å²) in [5.41, 5.74) is 0. The van der Waals surface area contributed by atoms with Crippen LogP contribution in [0.5, 0.6) is 0 Å². The highest BCUT2D eigenvalue weighted by atomic mass is 16.5. The Labute approximate surface area is 211 Å². The fourth-order valence-electron chi connectivity index (χ4n) is 4.28. The summed E-state index contributed by atoms with van der Waals surface area (Å²) >= 11 is 0. The Hall–Kier alpha value is -1.32. The van der Waals surface area contributed by atoms with Gasteiger partial charge in [0.15, 0.2) is 0 Å². The Bertz CT molecular complexity index is 486. The lowest BCUT2D eigenvalue weighted by Gasteiger charge is -2.18. The summed E-state index contributed by atoms with van der Waals surface area (Å²) in [6.45, 7) is 4.47. The quantitative estimate of drug-likeness (QED) is 0.0760. The number of carbonyl (C=O) groups is 2. The van der Waals surface area contributed by atoms with Crippen molar-refractivity contribution in [3.63, 3.8) is 0 Å². The molecule has 200 valence electrons. The van der Waals surface area contributed by atoms with Gasteiger partial charge in [-0.05, 0) is 57.8 Å². The van der Waals surface area contributed by atoms with Crippen LogP contribution in [0.25, 0.3) is 0 Å². The topological polar surface area (TPSA) is 63.6 Å². The Morgan fingerprint density at radius 3 is 1.71 bits per heavy atom. The third-order valence-corrected chi connectivity index (χ3v) is 6.49. The summed E-state index contributed by atoms with van der Waals surface area (Å²) in [4.78, 5) is 23.1. The van der Waals surface area contributed by atoms with Crippen LogP contribution in [0.3, 0.4) is 0 Å². The van der Waals surface area contributed by atoms with Gasteiger partial charge in [0.2, 0.25) is 0 Å². The largest absolute Gasteiger partial charge is 0.481 e. The summed E-state index contributed by atoms with van der Waals surface area (Å²) in [7, 11) is 0. The first-order valence-corrected chi connectivity index (χ1v) is 14.7. The van der Waals surface area contributed by atoms with Crippen LogP contribution in [-0.2, 0) is 14.3 Å². The number of esters is 1. The monoisotopic (exact) mass is 480 g/mol. The van der Waals surface area contributed by atoms with E-state index < -0.39 is 5.97 Å². The number of ether oxygens (including phenoxy) is 1. The minimum atomic E-state index is -0.727. The molecule has 0 amide bonds. The van der Waals surface area contributed by atoms with E-state index in [9.17, 15) is 9.59 Å². The molecule has 1 N–H and O–H groups in total. The van der Waals surface area contributed by atoms with Gasteiger partial charge in [0.1, 0.15) is 6.10 Å². The van der Waals surface area contributed by atoms with Crippen LogP contribution in [0.4, 0.5) is 0 Å². The number of hydrogen-bond donors (Lipinski definition) is 1. The van der Waals surface area contributed by atoms with E-state index in [1.807, 2.05) is 0 Å². The predicted molar refractivity (Wildman–Crippen MR) is 144 cm³/mol. The summed E-state index contributed by atoms with van der Waals surface area (Å²) in [5, 5.41) is 8.79. The highest BCUT2D eigenvalue weighted by Crippen LogP contribution is 2.18. The molecule has 4 nitrogen and oxygen atoms in total. The van der Waals surface area contributed by atoms with Crippen molar-refractivity contribution in [2.24, 2.45) is 0 Å². The van der Waals surface area contributed by atoms with Crippen molar-refractivity contribution in [3.05, 3.63) is 12.2 Å². The van der Waals surface area contributed by atoms with Crippen molar-refractivity contribution in [2.45, 2.75) is 168 Å². The number of allylic oxidation sites excluding steroid dienone is 2. The average Bonchev–Trinajstić information content (AvgIpc) is 2.81. The molecule has 0 spiro atoms. The SMILES string of the molecule is CCCC/C=C\CCCCCCCC(=O)OC(CCCCCCCCC)CCCCCC(=O)O. The lowest BCUT2D eigenvalue weighted by molar-refractivity contribution is -0.150. The van der Waals surface area contributed by atoms with Crippen molar-refractivity contribution in [3.8, 4) is 0 Å². The molecule has 0 saturated carbocycles. The Morgan fingerprint density at radius 2 is 1.09 bits per heavy atom. The molecule has 0 heterocycles. The molecule has 0 aliphatic heterocycles. The molecule has 0 aliphatic carbocycles. The number of carbonyl (C=O) groups excluding carboxylic acids is 1. The normalized spacial score (nSPS) is 12.3. The first-order valence-electron chi connectivity index (χ1n) is 14.7. The molecule has 0 radical (unpaired) electrons. The van der Waals surface area contributed by atoms with Gasteiger partial charge in [0.05, 0.1) is 0 Å². The van der Waals surface area contributed by atoms with Gasteiger partial charge in [-0.15, -0.1) is 0 Å². The highest BCUT2D eigenvalue weighted by molar-refractivity contribution is 5.69. The van der Waals surface area contributed by atoms with Gasteiger partial charge in [-0.3, -0.25) is 9.59 Å². The molecule has 0 rings (SSSR count). The second kappa shape index (κ2) is 26.3. The number of aliphatic carboxylic acids is 1. The van der Waals surface area contributed by atoms with Crippen LogP contribution in [0, 0.1) is 0 Å². The van der Waals surface area contributed by atoms with Gasteiger partial charge in [0, 0.05) is 12.8 Å². The predicted octanol–water partition coefficient (Wildman–Crippen LogP) is 9.55. The van der Waals surface area contributed by atoms with Crippen molar-refractivity contribution in [1.82, 2.24) is 0 Å². The fourth-order valence-corrected chi connectivity index (χ4v) is 4.28. The second-order valence-corrected chi connectivity index (χ2v) is 9.94. The van der Waals surface area contributed by atoms with E-state index in [1.54, 1.807) is 0 Å². The van der Waals surface area contributed by atoms with E-state index in [-0.39, 0.29) is 18.5 Å². The molecule has 0 aliphatic rings. The zero-order valence-electron chi connectivity index (χ0n) is 22.7. The van der Waals surface area contributed by atoms with E-state index in [0.29, 0.717) is 12.8 Å². The van der Waals surface area contributed by atoms with Crippen molar-refractivity contribution >= 4 is 11.9 Å². The van der Waals surface area contributed by atoms with Crippen molar-refractivity contribution < 1.29 is 19.4 Å². The Balaban J connectivity index is 3.99. The molecular weight excluding hydrogens is 424 g/mol. The lowest BCUT2D eigenvalue weighted by atomic mass is 10.0. The van der Waals surface area contributed by atoms with Crippen LogP contribution in [-0.4, -0.2) is 23.1 Å². The maximum atomic E-state index is 12.4. The minimum Gasteiger partial charge on any atom is -0.481 e. The molecule has 0 aromatic heterocycles. The van der Waals surface area contributed by atoms with Gasteiger partial charge >= 0.3 is 11.9 Å². The lowest BCUT2D eigenvalue weighted by Crippen LogP contribution is -2.18. The number of carboxylic acids is 1. The van der Waals surface area contributed by atoms with Crippen LogP contribution in [0.2, 0.25) is 0 Å². The van der Waals surface area contributed by atoms with Gasteiger partial charge in [-0.1, -0.05) is 103 Å². The first-order chi connectivity index (χ1) is 16.6. The van der Waals surface area contributed by atoms with Gasteiger partial charge in [-0.25, -0.2) is 0 Å². The zero-order chi connectivity index (χ0) is 25.1. The van der Waals surface area contributed by atoms with Crippen LogP contribution in [0.15, 0.2) is 12.2 Å². The molecule has 0 saturated heterocycles. The summed E-state index contributed by atoms with van der Waals surface area (Å²) in [6, 6.07) is 0. The van der Waals surface area contributed by atoms with Crippen LogP contribution in [0.1, 0.15) is 162 Å². The van der Waals surface area contributed by atoms with E-state index in [4.69, 9.17) is 9.84 Å². The maximum absolute atomic E-state index is 12.4.